The van der Waals surface area contributed by atoms with Gasteiger partial charge >= 0.3 is 11.8 Å². The molecule has 8 nitrogen and oxygen atoms in total. The van der Waals surface area contributed by atoms with Crippen LogP contribution in [0, 0.1) is 5.82 Å². The molecule has 1 unspecified atom stereocenters. The summed E-state index contributed by atoms with van der Waals surface area (Å²) in [6.45, 7) is 0.543. The summed E-state index contributed by atoms with van der Waals surface area (Å²) in [4.78, 5) is 40.4. The van der Waals surface area contributed by atoms with Crippen molar-refractivity contribution in [2.75, 3.05) is 24.5 Å². The third kappa shape index (κ3) is 3.61. The Morgan fingerprint density at radius 2 is 1.79 bits per heavy atom. The maximum absolute atomic E-state index is 13.2. The molecule has 1 atom stereocenters. The minimum absolute atomic E-state index is 0.121. The van der Waals surface area contributed by atoms with Gasteiger partial charge in [0, 0.05) is 29.9 Å². The Morgan fingerprint density at radius 3 is 2.50 bits per heavy atom. The van der Waals surface area contributed by atoms with Gasteiger partial charge in [-0.25, -0.2) is 9.18 Å². The quantitative estimate of drug-likeness (QED) is 0.621. The molecule has 0 bridgehead atoms. The maximum atomic E-state index is 13.2. The van der Waals surface area contributed by atoms with E-state index < -0.39 is 18.1 Å². The molecule has 28 heavy (non-hydrogen) atoms. The van der Waals surface area contributed by atoms with Gasteiger partial charge in [0.15, 0.2) is 0 Å². The zero-order valence-electron chi connectivity index (χ0n) is 15.5. The highest BCUT2D eigenvalue weighted by atomic mass is 19.1. The Morgan fingerprint density at radius 1 is 1.11 bits per heavy atom. The van der Waals surface area contributed by atoms with Crippen LogP contribution in [0.15, 0.2) is 29.4 Å². The molecule has 4 rings (SSSR count). The number of halogens is 1. The molecule has 2 heterocycles. The van der Waals surface area contributed by atoms with Crippen molar-refractivity contribution in [1.82, 2.24) is 10.2 Å². The van der Waals surface area contributed by atoms with Gasteiger partial charge in [-0.2, -0.15) is 0 Å². The van der Waals surface area contributed by atoms with E-state index in [1.54, 1.807) is 12.1 Å². The van der Waals surface area contributed by atoms with Gasteiger partial charge in [-0.3, -0.25) is 14.5 Å². The average molecular weight is 388 g/mol. The first-order valence-corrected chi connectivity index (χ1v) is 9.68. The molecule has 1 aromatic rings. The second kappa shape index (κ2) is 7.65. The summed E-state index contributed by atoms with van der Waals surface area (Å²) in [5.74, 6) is -2.13. The molecule has 0 spiro atoms. The van der Waals surface area contributed by atoms with Crippen molar-refractivity contribution in [3.63, 3.8) is 0 Å². The molecule has 2 aliphatic heterocycles. The summed E-state index contributed by atoms with van der Waals surface area (Å²) in [5, 5.41) is 7.29. The molecular formula is C19H23FN5O3+. The third-order valence-corrected chi connectivity index (χ3v) is 5.48. The van der Waals surface area contributed by atoms with Crippen LogP contribution in [0.4, 0.5) is 10.1 Å². The molecule has 1 aromatic carbocycles. The number of nitrogens with one attached hydrogen (secondary N) is 1. The van der Waals surface area contributed by atoms with E-state index >= 15 is 0 Å². The third-order valence-electron chi connectivity index (χ3n) is 5.48. The predicted octanol–water partition coefficient (Wildman–Crippen LogP) is 1.21. The van der Waals surface area contributed by atoms with Crippen molar-refractivity contribution in [3.05, 3.63) is 30.1 Å². The number of hydrogen-bond donors (Lipinski definition) is 1. The minimum atomic E-state index is -0.795. The standard InChI is InChI=1S/C19H22FN5O3/c20-13-6-8-15(9-7-13)23-10-11-24-17(27)18(28)25(22-19(23)24)12-16(26)21-14-4-2-1-3-5-14/h6-9,14,19H,1-5,10-12H2/p+1. The van der Waals surface area contributed by atoms with Gasteiger partial charge in [0.25, 0.3) is 18.7 Å². The molecule has 1 saturated heterocycles. The lowest BCUT2D eigenvalue weighted by atomic mass is 9.95. The normalized spacial score (nSPS) is 22.9. The number of azo groups is 2. The molecule has 1 N–H and O–H groups in total. The van der Waals surface area contributed by atoms with Gasteiger partial charge in [-0.05, 0) is 41.8 Å². The highest BCUT2D eigenvalue weighted by Crippen LogP contribution is 2.27. The zero-order valence-corrected chi connectivity index (χ0v) is 15.5. The van der Waals surface area contributed by atoms with E-state index in [1.165, 1.54) is 23.5 Å². The van der Waals surface area contributed by atoms with Gasteiger partial charge in [0.05, 0.1) is 0 Å². The zero-order chi connectivity index (χ0) is 19.7. The highest BCUT2D eigenvalue weighted by Gasteiger charge is 2.49. The molecule has 0 aromatic heterocycles. The number of carbonyl (C=O) groups is 3. The van der Waals surface area contributed by atoms with E-state index in [-0.39, 0.29) is 24.3 Å². The van der Waals surface area contributed by atoms with Crippen molar-refractivity contribution in [1.29, 1.82) is 0 Å². The number of anilines is 1. The number of fused-ring (bicyclic) bond motifs is 1. The number of nitrogens with zero attached hydrogens (tertiary/aromatic N) is 4. The lowest BCUT2D eigenvalue weighted by Crippen LogP contribution is -2.53. The summed E-state index contributed by atoms with van der Waals surface area (Å²) in [7, 11) is 0. The Kier molecular flexibility index (Phi) is 5.06. The monoisotopic (exact) mass is 388 g/mol. The van der Waals surface area contributed by atoms with Crippen molar-refractivity contribution in [2.45, 2.75) is 44.4 Å². The fraction of sp³-hybridized carbons (Fsp3) is 0.526. The van der Waals surface area contributed by atoms with Crippen LogP contribution in [-0.2, 0) is 14.4 Å². The van der Waals surface area contributed by atoms with E-state index in [1.807, 2.05) is 4.90 Å². The first-order chi connectivity index (χ1) is 13.5. The molecule has 1 aliphatic carbocycles. The molecule has 3 aliphatic rings. The largest absolute Gasteiger partial charge is 0.502 e. The number of benzene rings is 1. The van der Waals surface area contributed by atoms with E-state index in [2.05, 4.69) is 10.4 Å². The Hall–Kier alpha value is -2.84. The van der Waals surface area contributed by atoms with Crippen molar-refractivity contribution < 1.29 is 23.5 Å². The van der Waals surface area contributed by atoms with Crippen LogP contribution >= 0.6 is 0 Å². The van der Waals surface area contributed by atoms with Crippen LogP contribution < -0.4 is 10.2 Å². The topological polar surface area (TPSA) is 85.1 Å². The molecule has 1 saturated carbocycles. The smallest absolute Gasteiger partial charge is 0.348 e. The van der Waals surface area contributed by atoms with E-state index in [0.717, 1.165) is 30.4 Å². The van der Waals surface area contributed by atoms with Crippen LogP contribution in [0.2, 0.25) is 0 Å². The van der Waals surface area contributed by atoms with Crippen LogP contribution in [-0.4, -0.2) is 59.3 Å². The van der Waals surface area contributed by atoms with Crippen LogP contribution in [0.5, 0.6) is 0 Å². The first kappa shape index (κ1) is 18.5. The number of amides is 3. The van der Waals surface area contributed by atoms with Crippen LogP contribution in [0.1, 0.15) is 32.1 Å². The molecule has 0 radical (unpaired) electrons. The summed E-state index contributed by atoms with van der Waals surface area (Å²) in [6, 6.07) is 6.01. The van der Waals surface area contributed by atoms with E-state index in [9.17, 15) is 18.8 Å². The van der Waals surface area contributed by atoms with E-state index in [4.69, 9.17) is 0 Å². The maximum Gasteiger partial charge on any atom is 0.502 e. The van der Waals surface area contributed by atoms with Crippen LogP contribution in [0.3, 0.4) is 0 Å². The SMILES string of the molecule is O=C(C[N+]1=NC2N(CCN2c2ccc(F)cc2)C(=O)C1=O)NC1CCCCC1. The highest BCUT2D eigenvalue weighted by molar-refractivity contribution is 6.31. The van der Waals surface area contributed by atoms with Gasteiger partial charge in [-0.15, -0.1) is 0 Å². The summed E-state index contributed by atoms with van der Waals surface area (Å²) < 4.78 is 14.2. The Labute approximate surface area is 162 Å². The summed E-state index contributed by atoms with van der Waals surface area (Å²) in [5.41, 5.74) is 0.700. The fourth-order valence-corrected chi connectivity index (χ4v) is 4.02. The summed E-state index contributed by atoms with van der Waals surface area (Å²) >= 11 is 0. The predicted molar refractivity (Wildman–Crippen MR) is 96.8 cm³/mol. The van der Waals surface area contributed by atoms with Crippen molar-refractivity contribution in [3.8, 4) is 0 Å². The van der Waals surface area contributed by atoms with Crippen molar-refractivity contribution >= 4 is 23.4 Å². The molecular weight excluding hydrogens is 365 g/mol. The second-order valence-corrected chi connectivity index (χ2v) is 7.40. The second-order valence-electron chi connectivity index (χ2n) is 7.40. The molecule has 3 amide bonds. The fourth-order valence-electron chi connectivity index (χ4n) is 4.02. The van der Waals surface area contributed by atoms with Gasteiger partial charge < -0.3 is 10.2 Å². The Bertz CT molecular complexity index is 819. The number of hydrogen-bond acceptors (Lipinski definition) is 5. The Balaban J connectivity index is 1.51. The summed E-state index contributed by atoms with van der Waals surface area (Å²) in [6.07, 6.45) is 4.51. The van der Waals surface area contributed by atoms with Gasteiger partial charge in [-0.1, -0.05) is 19.3 Å². The van der Waals surface area contributed by atoms with E-state index in [0.29, 0.717) is 18.8 Å². The molecule has 2 fully saturated rings. The number of rotatable bonds is 4. The first-order valence-electron chi connectivity index (χ1n) is 9.68. The lowest BCUT2D eigenvalue weighted by molar-refractivity contribution is -0.509. The lowest BCUT2D eigenvalue weighted by Gasteiger charge is -2.27. The van der Waals surface area contributed by atoms with Gasteiger partial charge in [0.1, 0.15) is 5.82 Å². The average Bonchev–Trinajstić information content (AvgIpc) is 3.11. The van der Waals surface area contributed by atoms with Gasteiger partial charge in [0.2, 0.25) is 0 Å². The van der Waals surface area contributed by atoms with Crippen LogP contribution in [0.25, 0.3) is 0 Å². The minimum Gasteiger partial charge on any atom is -0.348 e. The molecule has 148 valence electrons. The number of carbonyl (C=O) groups excluding carboxylic acids is 3. The molecule has 9 heteroatoms. The van der Waals surface area contributed by atoms with Crippen molar-refractivity contribution in [2.24, 2.45) is 5.11 Å².